The Bertz CT molecular complexity index is 573. The third kappa shape index (κ3) is 2.33. The van der Waals surface area contributed by atoms with Crippen LogP contribution in [0.15, 0.2) is 22.7 Å². The lowest BCUT2D eigenvalue weighted by Gasteiger charge is -2.13. The van der Waals surface area contributed by atoms with Crippen LogP contribution in [0, 0.1) is 0 Å². The first-order valence-electron chi connectivity index (χ1n) is 5.41. The van der Waals surface area contributed by atoms with Gasteiger partial charge in [-0.25, -0.2) is 4.79 Å². The Balaban J connectivity index is 2.22. The summed E-state index contributed by atoms with van der Waals surface area (Å²) < 4.78 is 5.80. The van der Waals surface area contributed by atoms with Gasteiger partial charge in [-0.05, 0) is 33.6 Å². The Kier molecular flexibility index (Phi) is 3.57. The number of hydrogen-bond acceptors (Lipinski definition) is 4. The molecule has 0 aromatic heterocycles. The average Bonchev–Trinajstić information content (AvgIpc) is 2.57. The zero-order valence-electron chi connectivity index (χ0n) is 10.3. The topological polar surface area (TPSA) is 66.9 Å². The number of carbonyl (C=O) groups excluding carboxylic acids is 3. The van der Waals surface area contributed by atoms with Crippen molar-refractivity contribution in [3.63, 3.8) is 0 Å². The van der Waals surface area contributed by atoms with Crippen molar-refractivity contribution < 1.29 is 19.1 Å². The van der Waals surface area contributed by atoms with Crippen molar-refractivity contribution >= 4 is 33.8 Å². The van der Waals surface area contributed by atoms with Gasteiger partial charge >= 0.3 is 17.8 Å². The molecular formula is C12H11BrN2O4. The van der Waals surface area contributed by atoms with Gasteiger partial charge in [0.05, 0.1) is 18.1 Å². The third-order valence-electron chi connectivity index (χ3n) is 2.81. The molecule has 6 nitrogen and oxygen atoms in total. The van der Waals surface area contributed by atoms with Crippen LogP contribution in [-0.2, 0) is 16.1 Å². The van der Waals surface area contributed by atoms with E-state index in [4.69, 9.17) is 4.74 Å². The maximum Gasteiger partial charge on any atom is 0.334 e. The Morgan fingerprint density at radius 2 is 1.89 bits per heavy atom. The first kappa shape index (κ1) is 13.5. The first-order valence-corrected chi connectivity index (χ1v) is 6.21. The number of rotatable bonds is 3. The Morgan fingerprint density at radius 3 is 2.37 bits per heavy atom. The molecule has 0 unspecified atom stereocenters. The lowest BCUT2D eigenvalue weighted by Crippen LogP contribution is -2.31. The lowest BCUT2D eigenvalue weighted by molar-refractivity contribution is -0.143. The van der Waals surface area contributed by atoms with Crippen molar-refractivity contribution in [3.05, 3.63) is 28.2 Å². The molecule has 1 saturated heterocycles. The summed E-state index contributed by atoms with van der Waals surface area (Å²) in [5, 5.41) is 0. The second-order valence-electron chi connectivity index (χ2n) is 4.01. The van der Waals surface area contributed by atoms with Crippen LogP contribution in [0.4, 0.5) is 4.79 Å². The monoisotopic (exact) mass is 326 g/mol. The van der Waals surface area contributed by atoms with Gasteiger partial charge in [-0.15, -0.1) is 0 Å². The number of ether oxygens (including phenoxy) is 1. The molecular weight excluding hydrogens is 316 g/mol. The van der Waals surface area contributed by atoms with Gasteiger partial charge in [0.1, 0.15) is 5.75 Å². The fourth-order valence-electron chi connectivity index (χ4n) is 1.74. The molecule has 19 heavy (non-hydrogen) atoms. The highest BCUT2D eigenvalue weighted by atomic mass is 79.9. The highest BCUT2D eigenvalue weighted by molar-refractivity contribution is 9.10. The molecule has 1 aliphatic heterocycles. The molecule has 0 saturated carbocycles. The summed E-state index contributed by atoms with van der Waals surface area (Å²) in [6, 6.07) is 4.58. The van der Waals surface area contributed by atoms with Crippen LogP contribution in [0.5, 0.6) is 5.75 Å². The van der Waals surface area contributed by atoms with Gasteiger partial charge in [0, 0.05) is 7.05 Å². The summed E-state index contributed by atoms with van der Waals surface area (Å²) in [4.78, 5) is 36.4. The zero-order valence-corrected chi connectivity index (χ0v) is 11.9. The zero-order chi connectivity index (χ0) is 14.2. The van der Waals surface area contributed by atoms with Crippen molar-refractivity contribution in [2.45, 2.75) is 6.54 Å². The number of nitrogens with zero attached hydrogens (tertiary/aromatic N) is 2. The molecule has 0 radical (unpaired) electrons. The predicted octanol–water partition coefficient (Wildman–Crippen LogP) is 1.38. The molecule has 0 N–H and O–H groups in total. The maximum atomic E-state index is 11.7. The quantitative estimate of drug-likeness (QED) is 0.621. The molecule has 100 valence electrons. The fraction of sp³-hybridized carbons (Fsp3) is 0.250. The lowest BCUT2D eigenvalue weighted by atomic mass is 10.2. The molecule has 1 aliphatic rings. The predicted molar refractivity (Wildman–Crippen MR) is 69.4 cm³/mol. The summed E-state index contributed by atoms with van der Waals surface area (Å²) in [7, 11) is 2.83. The van der Waals surface area contributed by atoms with E-state index in [1.807, 2.05) is 0 Å². The van der Waals surface area contributed by atoms with Crippen LogP contribution in [0.1, 0.15) is 5.56 Å². The number of hydrogen-bond donors (Lipinski definition) is 0. The first-order chi connectivity index (χ1) is 8.95. The van der Waals surface area contributed by atoms with E-state index in [0.29, 0.717) is 10.2 Å². The number of urea groups is 1. The van der Waals surface area contributed by atoms with Crippen LogP contribution >= 0.6 is 15.9 Å². The van der Waals surface area contributed by atoms with Crippen LogP contribution in [0.2, 0.25) is 0 Å². The standard InChI is InChI=1S/C12H11BrN2O4/c1-14-10(16)11(17)15(12(14)18)6-7-3-4-9(19-2)8(13)5-7/h3-5H,6H2,1-2H3. The van der Waals surface area contributed by atoms with E-state index in [-0.39, 0.29) is 6.54 Å². The van der Waals surface area contributed by atoms with E-state index in [1.165, 1.54) is 7.05 Å². The number of imide groups is 2. The highest BCUT2D eigenvalue weighted by Crippen LogP contribution is 2.26. The van der Waals surface area contributed by atoms with Crippen molar-refractivity contribution in [2.75, 3.05) is 14.2 Å². The summed E-state index contributed by atoms with van der Waals surface area (Å²) in [5.41, 5.74) is 0.720. The van der Waals surface area contributed by atoms with E-state index in [0.717, 1.165) is 15.4 Å². The summed E-state index contributed by atoms with van der Waals surface area (Å²) in [6.07, 6.45) is 0. The number of amides is 4. The minimum Gasteiger partial charge on any atom is -0.496 e. The minimum absolute atomic E-state index is 0.0519. The van der Waals surface area contributed by atoms with E-state index in [1.54, 1.807) is 25.3 Å². The molecule has 0 bridgehead atoms. The summed E-state index contributed by atoms with van der Waals surface area (Å²) in [5.74, 6) is -0.965. The van der Waals surface area contributed by atoms with Gasteiger partial charge in [0.25, 0.3) is 0 Å². The molecule has 7 heteroatoms. The third-order valence-corrected chi connectivity index (χ3v) is 3.43. The molecule has 0 spiro atoms. The Labute approximate surface area is 118 Å². The van der Waals surface area contributed by atoms with E-state index in [2.05, 4.69) is 15.9 Å². The van der Waals surface area contributed by atoms with Gasteiger partial charge in [-0.2, -0.15) is 0 Å². The average molecular weight is 327 g/mol. The normalized spacial score (nSPS) is 15.4. The smallest absolute Gasteiger partial charge is 0.334 e. The number of halogens is 1. The van der Waals surface area contributed by atoms with Crippen molar-refractivity contribution in [3.8, 4) is 5.75 Å². The van der Waals surface area contributed by atoms with E-state index < -0.39 is 17.8 Å². The molecule has 1 aromatic rings. The van der Waals surface area contributed by atoms with Crippen molar-refractivity contribution in [2.24, 2.45) is 0 Å². The fourth-order valence-corrected chi connectivity index (χ4v) is 2.33. The summed E-state index contributed by atoms with van der Waals surface area (Å²) >= 11 is 3.32. The molecule has 4 amide bonds. The highest BCUT2D eigenvalue weighted by Gasteiger charge is 2.41. The molecule has 2 rings (SSSR count). The van der Waals surface area contributed by atoms with Gasteiger partial charge in [-0.1, -0.05) is 6.07 Å². The number of likely N-dealkylation sites (N-methyl/N-ethyl adjacent to an activating group) is 1. The number of methoxy groups -OCH3 is 1. The van der Waals surface area contributed by atoms with Gasteiger partial charge in [-0.3, -0.25) is 19.4 Å². The van der Waals surface area contributed by atoms with Crippen molar-refractivity contribution in [1.29, 1.82) is 0 Å². The van der Waals surface area contributed by atoms with Crippen LogP contribution in [-0.4, -0.2) is 41.8 Å². The Morgan fingerprint density at radius 1 is 1.21 bits per heavy atom. The van der Waals surface area contributed by atoms with Gasteiger partial charge < -0.3 is 4.74 Å². The van der Waals surface area contributed by atoms with Gasteiger partial charge in [0.15, 0.2) is 0 Å². The number of benzene rings is 1. The molecule has 1 heterocycles. The molecule has 1 fully saturated rings. The minimum atomic E-state index is -0.808. The van der Waals surface area contributed by atoms with Gasteiger partial charge in [0.2, 0.25) is 0 Å². The second kappa shape index (κ2) is 5.00. The summed E-state index contributed by atoms with van der Waals surface area (Å²) in [6.45, 7) is 0.0519. The van der Waals surface area contributed by atoms with E-state index in [9.17, 15) is 14.4 Å². The van der Waals surface area contributed by atoms with E-state index >= 15 is 0 Å². The van der Waals surface area contributed by atoms with Crippen LogP contribution in [0.25, 0.3) is 0 Å². The molecule has 0 aliphatic carbocycles. The van der Waals surface area contributed by atoms with Crippen LogP contribution in [0.3, 0.4) is 0 Å². The molecule has 1 aromatic carbocycles. The maximum absolute atomic E-state index is 11.7. The Hall–Kier alpha value is -1.89. The van der Waals surface area contributed by atoms with Crippen molar-refractivity contribution in [1.82, 2.24) is 9.80 Å². The second-order valence-corrected chi connectivity index (χ2v) is 4.86. The SMILES string of the molecule is COc1ccc(CN2C(=O)C(=O)N(C)C2=O)cc1Br. The largest absolute Gasteiger partial charge is 0.496 e. The molecule has 0 atom stereocenters. The van der Waals surface area contributed by atoms with Crippen LogP contribution < -0.4 is 4.74 Å². The number of carbonyl (C=O) groups is 3.